The first-order chi connectivity index (χ1) is 32.9. The molecule has 364 valence electrons. The number of aryl methyl sites for hydroxylation is 1. The van der Waals surface area contributed by atoms with Crippen LogP contribution in [-0.4, -0.2) is 140 Å². The molecule has 69 heavy (non-hydrogen) atoms. The highest BCUT2D eigenvalue weighted by Gasteiger charge is 2.49. The Hall–Kier alpha value is -6.71. The Bertz CT molecular complexity index is 2960. The number of imide groups is 2. The molecule has 5 aromatic rings. The van der Waals surface area contributed by atoms with E-state index in [1.807, 2.05) is 4.90 Å². The summed E-state index contributed by atoms with van der Waals surface area (Å²) >= 11 is 0. The van der Waals surface area contributed by atoms with Crippen LogP contribution in [0.25, 0.3) is 10.9 Å². The number of amides is 5. The van der Waals surface area contributed by atoms with Crippen molar-refractivity contribution in [3.05, 3.63) is 101 Å². The highest BCUT2D eigenvalue weighted by atomic mass is 32.2. The number of hydrogen-bond acceptors (Lipinski definition) is 13. The predicted molar refractivity (Wildman–Crippen MR) is 249 cm³/mol. The summed E-state index contributed by atoms with van der Waals surface area (Å²) in [6.45, 7) is 3.59. The molecule has 4 aromatic carbocycles. The maximum atomic E-state index is 16.1. The molecule has 0 bridgehead atoms. The summed E-state index contributed by atoms with van der Waals surface area (Å²) in [5.74, 6) is -4.73. The van der Waals surface area contributed by atoms with Gasteiger partial charge in [0.15, 0.2) is 28.9 Å². The molecule has 0 aliphatic carbocycles. The number of fused-ring (bicyclic) bond motifs is 2. The van der Waals surface area contributed by atoms with Gasteiger partial charge in [-0.05, 0) is 66.9 Å². The molecule has 5 heterocycles. The van der Waals surface area contributed by atoms with Crippen LogP contribution in [0.15, 0.2) is 72.8 Å². The monoisotopic (exact) mass is 972 g/mol. The Morgan fingerprint density at radius 1 is 0.899 bits per heavy atom. The SMILES string of the molecule is CCOc1cc([C@@H](CS(C)(=O)=O)N2C(=O)c3cccc(N4CCN([C@H]5CCN(Cc6ccc(Oc7cc8c(cc7F)c(N7CCC(=O)NC7=O)nn8C)cc6)CC5(F)F)CC4)c3C2=O)ccc1OC. The van der Waals surface area contributed by atoms with E-state index in [-0.39, 0.29) is 61.7 Å². The number of carbonyl (C=O) groups excluding carboxylic acids is 4. The lowest BCUT2D eigenvalue weighted by Gasteiger charge is -2.46. The van der Waals surface area contributed by atoms with E-state index in [1.54, 1.807) is 78.4 Å². The van der Waals surface area contributed by atoms with Gasteiger partial charge in [-0.2, -0.15) is 5.10 Å². The second-order valence-electron chi connectivity index (χ2n) is 17.7. The Morgan fingerprint density at radius 2 is 1.65 bits per heavy atom. The van der Waals surface area contributed by atoms with Crippen LogP contribution in [0, 0.1) is 5.82 Å². The fourth-order valence-electron chi connectivity index (χ4n) is 9.80. The maximum Gasteiger partial charge on any atom is 0.329 e. The number of piperidine rings is 1. The summed E-state index contributed by atoms with van der Waals surface area (Å²) in [5, 5.41) is 7.00. The number of rotatable bonds is 14. The third-order valence-corrected chi connectivity index (χ3v) is 14.0. The van der Waals surface area contributed by atoms with E-state index in [9.17, 15) is 27.6 Å². The molecule has 4 aliphatic rings. The van der Waals surface area contributed by atoms with E-state index in [2.05, 4.69) is 10.4 Å². The van der Waals surface area contributed by atoms with Crippen molar-refractivity contribution in [3.8, 4) is 23.0 Å². The zero-order valence-corrected chi connectivity index (χ0v) is 39.2. The molecule has 2 atom stereocenters. The Labute approximate surface area is 396 Å². The molecule has 5 amide bonds. The number of nitrogens with one attached hydrogen (secondary N) is 1. The number of benzene rings is 4. The van der Waals surface area contributed by atoms with Crippen LogP contribution in [0.2, 0.25) is 0 Å². The van der Waals surface area contributed by atoms with Crippen molar-refractivity contribution in [2.24, 2.45) is 7.05 Å². The van der Waals surface area contributed by atoms with Gasteiger partial charge in [-0.1, -0.05) is 24.3 Å². The van der Waals surface area contributed by atoms with Crippen LogP contribution < -0.4 is 29.3 Å². The van der Waals surface area contributed by atoms with Gasteiger partial charge in [0.2, 0.25) is 5.91 Å². The molecule has 9 rings (SSSR count). The van der Waals surface area contributed by atoms with Crippen molar-refractivity contribution < 1.29 is 55.0 Å². The number of anilines is 2. The van der Waals surface area contributed by atoms with Gasteiger partial charge in [-0.3, -0.25) is 44.0 Å². The molecule has 17 nitrogen and oxygen atoms in total. The second kappa shape index (κ2) is 18.7. The number of piperazine rings is 1. The standard InChI is InChI=1S/C48H51F3N8O9S/c1-5-67-40-23-30(11-14-38(40)66-3)37(27-69(4,64)65)59-45(61)32-7-6-8-35(43(32)46(59)62)56-19-21-57(22-20-56)41-15-17-55(28-48(41,50)51)26-29-9-12-31(13-10-29)68-39-25-36-33(24-34(39)49)44(53-54(36)2)58-18-16-42(60)52-47(58)63/h6-14,23-25,37,41H,5,15-22,26-28H2,1-4H3,(H,52,60,63)/t37-,41+/m1/s1. The first-order valence-electron chi connectivity index (χ1n) is 22.6. The van der Waals surface area contributed by atoms with Gasteiger partial charge in [-0.15, -0.1) is 0 Å². The largest absolute Gasteiger partial charge is 0.493 e. The number of likely N-dealkylation sites (tertiary alicyclic amines) is 1. The van der Waals surface area contributed by atoms with Gasteiger partial charge in [0, 0.05) is 77.0 Å². The summed E-state index contributed by atoms with van der Waals surface area (Å²) in [7, 11) is -0.598. The molecule has 4 aliphatic heterocycles. The number of aromatic nitrogens is 2. The number of carbonyl (C=O) groups is 4. The minimum Gasteiger partial charge on any atom is -0.493 e. The third-order valence-electron chi connectivity index (χ3n) is 13.1. The molecule has 3 fully saturated rings. The lowest BCUT2D eigenvalue weighted by Crippen LogP contribution is -2.61. The minimum atomic E-state index is -3.71. The van der Waals surface area contributed by atoms with E-state index < -0.39 is 69.7 Å². The van der Waals surface area contributed by atoms with Gasteiger partial charge >= 0.3 is 6.03 Å². The molecular weight excluding hydrogens is 922 g/mol. The zero-order valence-electron chi connectivity index (χ0n) is 38.4. The smallest absolute Gasteiger partial charge is 0.329 e. The van der Waals surface area contributed by atoms with Gasteiger partial charge < -0.3 is 19.1 Å². The second-order valence-corrected chi connectivity index (χ2v) is 19.9. The van der Waals surface area contributed by atoms with Crippen LogP contribution in [0.4, 0.5) is 29.5 Å². The van der Waals surface area contributed by atoms with E-state index in [1.165, 1.54) is 34.9 Å². The van der Waals surface area contributed by atoms with E-state index in [0.717, 1.165) is 16.7 Å². The lowest BCUT2D eigenvalue weighted by atomic mass is 9.97. The lowest BCUT2D eigenvalue weighted by molar-refractivity contribution is -0.129. The number of alkyl halides is 2. The molecule has 21 heteroatoms. The molecule has 0 saturated carbocycles. The summed E-state index contributed by atoms with van der Waals surface area (Å²) in [4.78, 5) is 60.2. The molecular formula is C48H51F3N8O9S. The van der Waals surface area contributed by atoms with Crippen LogP contribution in [0.5, 0.6) is 23.0 Å². The topological polar surface area (TPSA) is 176 Å². The summed E-state index contributed by atoms with van der Waals surface area (Å²) in [6.07, 6.45) is 1.35. The molecule has 1 aromatic heterocycles. The van der Waals surface area contributed by atoms with Gasteiger partial charge in [0.25, 0.3) is 17.7 Å². The van der Waals surface area contributed by atoms with Crippen LogP contribution in [-0.2, 0) is 28.2 Å². The van der Waals surface area contributed by atoms with Crippen LogP contribution in [0.3, 0.4) is 0 Å². The van der Waals surface area contributed by atoms with E-state index in [0.29, 0.717) is 65.6 Å². The van der Waals surface area contributed by atoms with Crippen molar-refractivity contribution in [1.82, 2.24) is 29.8 Å². The fraction of sp³-hybridized carbons (Fsp3) is 0.396. The van der Waals surface area contributed by atoms with Gasteiger partial charge in [-0.25, -0.2) is 26.4 Å². The Kier molecular flexibility index (Phi) is 12.8. The first-order valence-corrected chi connectivity index (χ1v) is 24.6. The summed E-state index contributed by atoms with van der Waals surface area (Å²) < 4.78 is 91.6. The number of sulfone groups is 1. The van der Waals surface area contributed by atoms with Crippen LogP contribution >= 0.6 is 0 Å². The number of hydrogen-bond donors (Lipinski definition) is 1. The third kappa shape index (κ3) is 9.41. The number of halogens is 3. The molecule has 0 unspecified atom stereocenters. The minimum absolute atomic E-state index is 0.0774. The van der Waals surface area contributed by atoms with Crippen molar-refractivity contribution >= 4 is 56.0 Å². The van der Waals surface area contributed by atoms with Crippen molar-refractivity contribution in [1.29, 1.82) is 0 Å². The predicted octanol–water partition coefficient (Wildman–Crippen LogP) is 5.77. The average molecular weight is 973 g/mol. The number of nitrogens with zero attached hydrogens (tertiary/aromatic N) is 7. The van der Waals surface area contributed by atoms with E-state index in [4.69, 9.17) is 14.2 Å². The zero-order chi connectivity index (χ0) is 48.9. The summed E-state index contributed by atoms with van der Waals surface area (Å²) in [6, 6.07) is 16.4. The first kappa shape index (κ1) is 47.4. The fourth-order valence-corrected chi connectivity index (χ4v) is 10.7. The van der Waals surface area contributed by atoms with Gasteiger partial charge in [0.1, 0.15) is 15.6 Å². The summed E-state index contributed by atoms with van der Waals surface area (Å²) in [5.41, 5.74) is 2.40. The molecule has 3 saturated heterocycles. The van der Waals surface area contributed by atoms with Crippen molar-refractivity contribution in [2.75, 3.05) is 81.3 Å². The quantitative estimate of drug-likeness (QED) is 0.133. The normalized spacial score (nSPS) is 19.5. The maximum absolute atomic E-state index is 16.1. The highest BCUT2D eigenvalue weighted by molar-refractivity contribution is 7.90. The molecule has 1 N–H and O–H groups in total. The number of methoxy groups -OCH3 is 1. The van der Waals surface area contributed by atoms with Crippen molar-refractivity contribution in [2.45, 2.75) is 44.3 Å². The molecule has 0 spiro atoms. The molecule has 0 radical (unpaired) electrons. The highest BCUT2D eigenvalue weighted by Crippen LogP contribution is 2.41. The van der Waals surface area contributed by atoms with Crippen LogP contribution in [0.1, 0.15) is 57.7 Å². The average Bonchev–Trinajstić information content (AvgIpc) is 3.75. The number of ether oxygens (including phenoxy) is 3. The van der Waals surface area contributed by atoms with E-state index >= 15 is 13.2 Å². The Morgan fingerprint density at radius 3 is 2.33 bits per heavy atom. The van der Waals surface area contributed by atoms with Gasteiger partial charge in [0.05, 0.1) is 60.4 Å². The van der Waals surface area contributed by atoms with Crippen molar-refractivity contribution in [3.63, 3.8) is 0 Å². The Balaban J connectivity index is 0.822. The number of urea groups is 1.